The van der Waals surface area contributed by atoms with Crippen LogP contribution >= 0.6 is 34.8 Å². The summed E-state index contributed by atoms with van der Waals surface area (Å²) in [4.78, 5) is 20.6. The molecule has 8 heteroatoms. The van der Waals surface area contributed by atoms with Gasteiger partial charge in [0.05, 0.1) is 21.9 Å². The Morgan fingerprint density at radius 3 is 2.31 bits per heavy atom. The van der Waals surface area contributed by atoms with Crippen LogP contribution in [0.25, 0.3) is 0 Å². The van der Waals surface area contributed by atoms with Gasteiger partial charge in [-0.2, -0.15) is 0 Å². The summed E-state index contributed by atoms with van der Waals surface area (Å²) >= 11 is 17.2. The molecular formula is C8H4Cl3N2O3-. The van der Waals surface area contributed by atoms with Gasteiger partial charge in [0.25, 0.3) is 0 Å². The fourth-order valence-corrected chi connectivity index (χ4v) is 1.60. The van der Waals surface area contributed by atoms with Crippen molar-refractivity contribution >= 4 is 40.9 Å². The number of carbonyl (C=O) groups excluding carboxylic acids is 1. The number of carbonyl (C=O) groups is 1. The first kappa shape index (κ1) is 13.0. The lowest BCUT2D eigenvalue weighted by molar-refractivity contribution is -0.266. The number of rotatable bonds is 3. The summed E-state index contributed by atoms with van der Waals surface area (Å²) in [6.45, 7) is -0.346. The lowest BCUT2D eigenvalue weighted by atomic mass is 10.2. The van der Waals surface area contributed by atoms with Gasteiger partial charge < -0.3 is 9.90 Å². The Hall–Kier alpha value is -1.04. The maximum absolute atomic E-state index is 10.4. The maximum Gasteiger partial charge on any atom is 0.161 e. The first-order chi connectivity index (χ1) is 7.45. The molecule has 0 fully saturated rings. The van der Waals surface area contributed by atoms with Gasteiger partial charge >= 0.3 is 0 Å². The summed E-state index contributed by atoms with van der Waals surface area (Å²) in [5.74, 6) is 0. The Balaban J connectivity index is 3.01. The number of benzene rings is 1. The van der Waals surface area contributed by atoms with Gasteiger partial charge in [-0.05, 0) is 17.7 Å². The van der Waals surface area contributed by atoms with E-state index >= 15 is 0 Å². The zero-order valence-corrected chi connectivity index (χ0v) is 9.88. The predicted molar refractivity (Wildman–Crippen MR) is 58.2 cm³/mol. The molecule has 0 aliphatic carbocycles. The quantitative estimate of drug-likeness (QED) is 0.485. The van der Waals surface area contributed by atoms with Crippen LogP contribution in [0.2, 0.25) is 15.1 Å². The first-order valence-electron chi connectivity index (χ1n) is 3.91. The molecular weight excluding hydrogens is 278 g/mol. The second kappa shape index (κ2) is 5.34. The predicted octanol–water partition coefficient (Wildman–Crippen LogP) is 2.47. The average Bonchev–Trinajstić information content (AvgIpc) is 2.21. The molecule has 0 saturated heterocycles. The largest absolute Gasteiger partial charge is 0.529 e. The minimum Gasteiger partial charge on any atom is -0.529 e. The molecule has 0 aliphatic rings. The topological polar surface area (TPSA) is 72.8 Å². The van der Waals surface area contributed by atoms with Gasteiger partial charge in [0, 0.05) is 5.02 Å². The smallest absolute Gasteiger partial charge is 0.161 e. The fraction of sp³-hybridized carbons (Fsp3) is 0.125. The number of hydrogen-bond donors (Lipinski definition) is 0. The molecule has 1 rings (SSSR count). The minimum absolute atomic E-state index is 0.185. The van der Waals surface area contributed by atoms with Gasteiger partial charge in [0.1, 0.15) is 0 Å². The van der Waals surface area contributed by atoms with Crippen LogP contribution in [-0.4, -0.2) is 11.1 Å². The van der Waals surface area contributed by atoms with Gasteiger partial charge in [-0.3, -0.25) is 0 Å². The van der Waals surface area contributed by atoms with Gasteiger partial charge in [0.2, 0.25) is 0 Å². The Morgan fingerprint density at radius 1 is 1.25 bits per heavy atom. The zero-order valence-electron chi connectivity index (χ0n) is 7.61. The molecule has 0 N–H and O–H groups in total. The zero-order chi connectivity index (χ0) is 12.3. The molecule has 0 spiro atoms. The SMILES string of the molecule is O=NN(Cc1cc(Cl)c(Cl)cc1Cl)C(=O)[O-]. The van der Waals surface area contributed by atoms with Crippen LogP contribution in [0.3, 0.4) is 0 Å². The molecule has 1 aromatic carbocycles. The van der Waals surface area contributed by atoms with Crippen molar-refractivity contribution < 1.29 is 9.90 Å². The van der Waals surface area contributed by atoms with Crippen molar-refractivity contribution in [1.29, 1.82) is 0 Å². The molecule has 0 saturated carbocycles. The summed E-state index contributed by atoms with van der Waals surface area (Å²) < 4.78 is 0. The number of carboxylic acid groups (broad SMARTS) is 1. The van der Waals surface area contributed by atoms with E-state index in [0.717, 1.165) is 0 Å². The summed E-state index contributed by atoms with van der Waals surface area (Å²) in [6.07, 6.45) is -1.72. The van der Waals surface area contributed by atoms with Crippen molar-refractivity contribution in [3.8, 4) is 0 Å². The van der Waals surface area contributed by atoms with E-state index in [0.29, 0.717) is 5.56 Å². The van der Waals surface area contributed by atoms with Crippen molar-refractivity contribution in [3.05, 3.63) is 37.7 Å². The van der Waals surface area contributed by atoms with E-state index in [9.17, 15) is 14.8 Å². The molecule has 0 unspecified atom stereocenters. The van der Waals surface area contributed by atoms with Gasteiger partial charge in [-0.15, -0.1) is 4.91 Å². The number of amides is 1. The third kappa shape index (κ3) is 2.98. The first-order valence-corrected chi connectivity index (χ1v) is 5.04. The van der Waals surface area contributed by atoms with Crippen LogP contribution in [0.1, 0.15) is 5.56 Å². The van der Waals surface area contributed by atoms with Gasteiger partial charge in [0.15, 0.2) is 6.09 Å². The molecule has 1 aromatic rings. The van der Waals surface area contributed by atoms with E-state index < -0.39 is 6.09 Å². The highest BCUT2D eigenvalue weighted by atomic mass is 35.5. The third-order valence-electron chi connectivity index (χ3n) is 1.72. The Kier molecular flexibility index (Phi) is 4.35. The molecule has 1 amide bonds. The van der Waals surface area contributed by atoms with Gasteiger partial charge in [-0.25, -0.2) is 5.01 Å². The standard InChI is InChI=1S/C8H5Cl3N2O3/c9-5-2-7(11)6(10)1-4(5)3-13(12-16)8(14)15/h1-2H,3H2,(H,14,15)/p-1. The molecule has 0 radical (unpaired) electrons. The lowest BCUT2D eigenvalue weighted by Gasteiger charge is -2.16. The number of nitrogens with zero attached hydrogens (tertiary/aromatic N) is 2. The van der Waals surface area contributed by atoms with Crippen molar-refractivity contribution in [2.75, 3.05) is 0 Å². The highest BCUT2D eigenvalue weighted by molar-refractivity contribution is 6.43. The maximum atomic E-state index is 10.4. The monoisotopic (exact) mass is 281 g/mol. The normalized spacial score (nSPS) is 9.94. The molecule has 0 aliphatic heterocycles. The van der Waals surface area contributed by atoms with E-state index in [4.69, 9.17) is 34.8 Å². The van der Waals surface area contributed by atoms with E-state index in [-0.39, 0.29) is 26.6 Å². The Bertz CT molecular complexity index is 439. The number of halogens is 3. The van der Waals surface area contributed by atoms with E-state index in [1.807, 2.05) is 0 Å². The third-order valence-corrected chi connectivity index (χ3v) is 2.79. The molecule has 16 heavy (non-hydrogen) atoms. The molecule has 0 atom stereocenters. The summed E-state index contributed by atoms with van der Waals surface area (Å²) in [6, 6.07) is 2.70. The highest BCUT2D eigenvalue weighted by Crippen LogP contribution is 2.29. The minimum atomic E-state index is -1.72. The van der Waals surface area contributed by atoms with Crippen LogP contribution in [0.4, 0.5) is 4.79 Å². The van der Waals surface area contributed by atoms with Crippen molar-refractivity contribution in [2.24, 2.45) is 5.29 Å². The second-order valence-electron chi connectivity index (χ2n) is 2.76. The van der Waals surface area contributed by atoms with E-state index in [2.05, 4.69) is 5.29 Å². The van der Waals surface area contributed by atoms with E-state index in [1.54, 1.807) is 0 Å². The second-order valence-corrected chi connectivity index (χ2v) is 3.98. The average molecular weight is 282 g/mol. The fourth-order valence-electron chi connectivity index (χ4n) is 0.973. The Morgan fingerprint density at radius 2 is 1.81 bits per heavy atom. The van der Waals surface area contributed by atoms with Crippen LogP contribution in [0, 0.1) is 4.91 Å². The summed E-state index contributed by atoms with van der Waals surface area (Å²) in [5.41, 5.74) is 0.305. The number of nitroso groups, excluding NO2 is 1. The van der Waals surface area contributed by atoms with Crippen molar-refractivity contribution in [2.45, 2.75) is 6.54 Å². The van der Waals surface area contributed by atoms with Crippen molar-refractivity contribution in [3.63, 3.8) is 0 Å². The highest BCUT2D eigenvalue weighted by Gasteiger charge is 2.11. The number of hydrogen-bond acceptors (Lipinski definition) is 4. The van der Waals surface area contributed by atoms with Crippen molar-refractivity contribution in [1.82, 2.24) is 5.01 Å². The van der Waals surface area contributed by atoms with Gasteiger partial charge in [-0.1, -0.05) is 34.8 Å². The molecule has 0 heterocycles. The van der Waals surface area contributed by atoms with Crippen LogP contribution < -0.4 is 5.11 Å². The van der Waals surface area contributed by atoms with Crippen LogP contribution in [-0.2, 0) is 6.54 Å². The Labute approximate surface area is 105 Å². The summed E-state index contributed by atoms with van der Waals surface area (Å²) in [5, 5.41) is 13.5. The lowest BCUT2D eigenvalue weighted by Crippen LogP contribution is -2.36. The molecule has 5 nitrogen and oxygen atoms in total. The van der Waals surface area contributed by atoms with E-state index in [1.165, 1.54) is 12.1 Å². The molecule has 86 valence electrons. The van der Waals surface area contributed by atoms with Crippen LogP contribution in [0.5, 0.6) is 0 Å². The van der Waals surface area contributed by atoms with Crippen LogP contribution in [0.15, 0.2) is 17.4 Å². The molecule has 0 aromatic heterocycles. The summed E-state index contributed by atoms with van der Waals surface area (Å²) in [7, 11) is 0. The molecule has 0 bridgehead atoms.